The molecule has 1 amide bonds. The Bertz CT molecular complexity index is 1180. The monoisotopic (exact) mass is 373 g/mol. The van der Waals surface area contributed by atoms with Gasteiger partial charge in [-0.2, -0.15) is 0 Å². The maximum atomic E-state index is 12.5. The van der Waals surface area contributed by atoms with Gasteiger partial charge in [0.2, 0.25) is 5.43 Å². The maximum absolute atomic E-state index is 12.5. The number of amides is 1. The lowest BCUT2D eigenvalue weighted by Gasteiger charge is -2.08. The summed E-state index contributed by atoms with van der Waals surface area (Å²) in [5.41, 5.74) is 2.05. The lowest BCUT2D eigenvalue weighted by Crippen LogP contribution is -2.30. The Morgan fingerprint density at radius 3 is 2.50 bits per heavy atom. The van der Waals surface area contributed by atoms with Gasteiger partial charge in [-0.3, -0.25) is 9.59 Å². The summed E-state index contributed by atoms with van der Waals surface area (Å²) in [6, 6.07) is 22.0. The minimum absolute atomic E-state index is 0.0814. The van der Waals surface area contributed by atoms with Crippen molar-refractivity contribution in [1.82, 2.24) is 5.32 Å². The van der Waals surface area contributed by atoms with Crippen LogP contribution in [0.15, 0.2) is 82.0 Å². The predicted octanol–water partition coefficient (Wildman–Crippen LogP) is 3.68. The molecule has 0 spiro atoms. The topological polar surface area (TPSA) is 68.5 Å². The van der Waals surface area contributed by atoms with Crippen LogP contribution in [0.1, 0.15) is 5.56 Å². The van der Waals surface area contributed by atoms with Crippen LogP contribution in [0.4, 0.5) is 0 Å². The van der Waals surface area contributed by atoms with Crippen molar-refractivity contribution in [3.05, 3.63) is 88.6 Å². The molecule has 1 N–H and O–H groups in total. The van der Waals surface area contributed by atoms with E-state index in [9.17, 15) is 9.59 Å². The fraction of sp³-hybridized carbons (Fsp3) is 0.130. The summed E-state index contributed by atoms with van der Waals surface area (Å²) in [6.45, 7) is 0.447. The van der Waals surface area contributed by atoms with Crippen LogP contribution in [0.25, 0.3) is 21.9 Å². The van der Waals surface area contributed by atoms with Crippen molar-refractivity contribution in [3.8, 4) is 5.75 Å². The van der Waals surface area contributed by atoms with Crippen LogP contribution in [0.5, 0.6) is 5.75 Å². The third-order valence-corrected chi connectivity index (χ3v) is 4.50. The zero-order valence-electron chi connectivity index (χ0n) is 15.2. The molecule has 0 saturated carbocycles. The minimum atomic E-state index is -0.198. The van der Waals surface area contributed by atoms with Crippen molar-refractivity contribution in [3.63, 3.8) is 0 Å². The Hall–Kier alpha value is -3.60. The third-order valence-electron chi connectivity index (χ3n) is 4.50. The predicted molar refractivity (Wildman–Crippen MR) is 109 cm³/mol. The Morgan fingerprint density at radius 1 is 0.893 bits per heavy atom. The van der Waals surface area contributed by atoms with E-state index >= 15 is 0 Å². The number of carbonyl (C=O) groups excluding carboxylic acids is 1. The molecule has 140 valence electrons. The maximum Gasteiger partial charge on any atom is 0.257 e. The summed E-state index contributed by atoms with van der Waals surface area (Å²) in [7, 11) is 0. The molecule has 0 aliphatic carbocycles. The van der Waals surface area contributed by atoms with E-state index in [1.54, 1.807) is 36.4 Å². The molecule has 1 heterocycles. The van der Waals surface area contributed by atoms with E-state index in [1.165, 1.54) is 5.56 Å². The fourth-order valence-electron chi connectivity index (χ4n) is 3.06. The first-order valence-electron chi connectivity index (χ1n) is 9.10. The van der Waals surface area contributed by atoms with Gasteiger partial charge < -0.3 is 14.5 Å². The second kappa shape index (κ2) is 7.96. The number of carbonyl (C=O) groups is 1. The molecule has 0 aliphatic rings. The lowest BCUT2D eigenvalue weighted by molar-refractivity contribution is -0.123. The van der Waals surface area contributed by atoms with Gasteiger partial charge in [-0.05, 0) is 36.2 Å². The van der Waals surface area contributed by atoms with E-state index in [4.69, 9.17) is 9.15 Å². The molecule has 28 heavy (non-hydrogen) atoms. The van der Waals surface area contributed by atoms with Gasteiger partial charge in [0.15, 0.2) is 6.61 Å². The first-order valence-corrected chi connectivity index (χ1v) is 9.10. The molecule has 0 fully saturated rings. The first kappa shape index (κ1) is 17.8. The summed E-state index contributed by atoms with van der Waals surface area (Å²) in [6.07, 6.45) is 0.765. The molecule has 3 aromatic carbocycles. The Kier molecular flexibility index (Phi) is 5.06. The Balaban J connectivity index is 1.40. The van der Waals surface area contributed by atoms with Gasteiger partial charge in [0.05, 0.1) is 10.8 Å². The molecular weight excluding hydrogens is 354 g/mol. The SMILES string of the molecule is O=C(COc1ccc2c(=O)c3ccccc3oc2c1)NCCc1ccccc1. The van der Waals surface area contributed by atoms with Crippen molar-refractivity contribution in [2.45, 2.75) is 6.42 Å². The van der Waals surface area contributed by atoms with Crippen LogP contribution in [-0.4, -0.2) is 19.1 Å². The summed E-state index contributed by atoms with van der Waals surface area (Å²) in [5, 5.41) is 3.86. The number of para-hydroxylation sites is 1. The summed E-state index contributed by atoms with van der Waals surface area (Å²) < 4.78 is 11.4. The largest absolute Gasteiger partial charge is 0.484 e. The molecule has 0 aliphatic heterocycles. The van der Waals surface area contributed by atoms with E-state index in [0.29, 0.717) is 34.2 Å². The quantitative estimate of drug-likeness (QED) is 0.524. The molecule has 5 heteroatoms. The van der Waals surface area contributed by atoms with Crippen LogP contribution in [0.2, 0.25) is 0 Å². The van der Waals surface area contributed by atoms with E-state index < -0.39 is 0 Å². The van der Waals surface area contributed by atoms with Gasteiger partial charge >= 0.3 is 0 Å². The second-order valence-electron chi connectivity index (χ2n) is 6.46. The van der Waals surface area contributed by atoms with Crippen molar-refractivity contribution >= 4 is 27.8 Å². The zero-order chi connectivity index (χ0) is 19.3. The normalized spacial score (nSPS) is 10.9. The molecule has 5 nitrogen and oxygen atoms in total. The molecule has 0 unspecified atom stereocenters. The highest BCUT2D eigenvalue weighted by atomic mass is 16.5. The van der Waals surface area contributed by atoms with Crippen molar-refractivity contribution < 1.29 is 13.9 Å². The highest BCUT2D eigenvalue weighted by molar-refractivity contribution is 5.90. The number of nitrogens with one attached hydrogen (secondary N) is 1. The van der Waals surface area contributed by atoms with Crippen LogP contribution < -0.4 is 15.5 Å². The van der Waals surface area contributed by atoms with Crippen molar-refractivity contribution in [2.75, 3.05) is 13.2 Å². The first-order chi connectivity index (χ1) is 13.7. The average molecular weight is 373 g/mol. The van der Waals surface area contributed by atoms with Gasteiger partial charge in [0, 0.05) is 12.6 Å². The van der Waals surface area contributed by atoms with Gasteiger partial charge in [-0.1, -0.05) is 42.5 Å². The molecule has 4 aromatic rings. The number of fused-ring (bicyclic) bond motifs is 2. The highest BCUT2D eigenvalue weighted by Crippen LogP contribution is 2.22. The number of ether oxygens (including phenoxy) is 1. The Morgan fingerprint density at radius 2 is 1.64 bits per heavy atom. The lowest BCUT2D eigenvalue weighted by atomic mass is 10.1. The highest BCUT2D eigenvalue weighted by Gasteiger charge is 2.09. The number of rotatable bonds is 6. The standard InChI is InChI=1S/C23H19NO4/c25-22(24-13-12-16-6-2-1-3-7-16)15-27-17-10-11-19-21(14-17)28-20-9-5-4-8-18(20)23(19)26/h1-11,14H,12-13,15H2,(H,24,25). The van der Waals surface area contributed by atoms with E-state index in [-0.39, 0.29) is 17.9 Å². The number of hydrogen-bond donors (Lipinski definition) is 1. The fourth-order valence-corrected chi connectivity index (χ4v) is 3.06. The van der Waals surface area contributed by atoms with Gasteiger partial charge in [-0.15, -0.1) is 0 Å². The Labute approximate surface area is 161 Å². The van der Waals surface area contributed by atoms with E-state index in [2.05, 4.69) is 5.32 Å². The van der Waals surface area contributed by atoms with Crippen LogP contribution >= 0.6 is 0 Å². The molecule has 0 atom stereocenters. The summed E-state index contributed by atoms with van der Waals surface area (Å²) in [4.78, 5) is 24.5. The molecular formula is C23H19NO4. The van der Waals surface area contributed by atoms with Crippen LogP contribution in [0, 0.1) is 0 Å². The second-order valence-corrected chi connectivity index (χ2v) is 6.46. The summed E-state index contributed by atoms with van der Waals surface area (Å²) in [5.74, 6) is 0.278. The van der Waals surface area contributed by atoms with Crippen molar-refractivity contribution in [2.24, 2.45) is 0 Å². The zero-order valence-corrected chi connectivity index (χ0v) is 15.2. The van der Waals surface area contributed by atoms with Gasteiger partial charge in [-0.25, -0.2) is 0 Å². The van der Waals surface area contributed by atoms with Crippen LogP contribution in [0.3, 0.4) is 0 Å². The molecule has 0 saturated heterocycles. The molecule has 4 rings (SSSR count). The van der Waals surface area contributed by atoms with Crippen molar-refractivity contribution in [1.29, 1.82) is 0 Å². The third kappa shape index (κ3) is 3.88. The van der Waals surface area contributed by atoms with Gasteiger partial charge in [0.25, 0.3) is 5.91 Å². The van der Waals surface area contributed by atoms with E-state index in [1.807, 2.05) is 36.4 Å². The van der Waals surface area contributed by atoms with E-state index in [0.717, 1.165) is 6.42 Å². The average Bonchev–Trinajstić information content (AvgIpc) is 2.73. The van der Waals surface area contributed by atoms with Crippen LogP contribution in [-0.2, 0) is 11.2 Å². The molecule has 0 radical (unpaired) electrons. The van der Waals surface area contributed by atoms with Gasteiger partial charge in [0.1, 0.15) is 16.9 Å². The summed E-state index contributed by atoms with van der Waals surface area (Å²) >= 11 is 0. The molecule has 1 aromatic heterocycles. The number of hydrogen-bond acceptors (Lipinski definition) is 4. The number of benzene rings is 3. The minimum Gasteiger partial charge on any atom is -0.484 e. The smallest absolute Gasteiger partial charge is 0.257 e. The molecule has 0 bridgehead atoms.